The number of urea groups is 1. The van der Waals surface area contributed by atoms with Gasteiger partial charge in [-0.2, -0.15) is 13.2 Å². The highest BCUT2D eigenvalue weighted by molar-refractivity contribution is 7.09. The number of halogens is 3. The van der Waals surface area contributed by atoms with Crippen LogP contribution in [-0.2, 0) is 12.7 Å². The first kappa shape index (κ1) is 16.3. The Morgan fingerprint density at radius 2 is 2.23 bits per heavy atom. The number of aliphatic hydroxyl groups excluding tert-OH is 1. The van der Waals surface area contributed by atoms with Crippen LogP contribution in [0.1, 0.15) is 22.6 Å². The molecule has 120 valence electrons. The van der Waals surface area contributed by atoms with Crippen LogP contribution in [-0.4, -0.2) is 22.7 Å². The van der Waals surface area contributed by atoms with Crippen molar-refractivity contribution >= 4 is 17.4 Å². The molecular formula is C12H12F3N3O3S. The molecule has 2 heterocycles. The third-order valence-electron chi connectivity index (χ3n) is 2.57. The number of carbonyl (C=O) groups excluding carboxylic acids is 1. The Morgan fingerprint density at radius 1 is 1.45 bits per heavy atom. The van der Waals surface area contributed by atoms with Crippen LogP contribution in [0, 0.1) is 0 Å². The number of furan rings is 1. The minimum atomic E-state index is -4.50. The molecule has 3 N–H and O–H groups in total. The molecule has 0 saturated heterocycles. The third kappa shape index (κ3) is 4.46. The normalized spacial score (nSPS) is 12.9. The molecule has 0 fully saturated rings. The fraction of sp³-hybridized carbons (Fsp3) is 0.333. The van der Waals surface area contributed by atoms with E-state index in [0.29, 0.717) is 5.76 Å². The van der Waals surface area contributed by atoms with Crippen molar-refractivity contribution in [3.8, 4) is 0 Å². The lowest BCUT2D eigenvalue weighted by Crippen LogP contribution is -2.37. The largest absolute Gasteiger partial charge is 0.467 e. The second-order valence-corrected chi connectivity index (χ2v) is 5.16. The Bertz CT molecular complexity index is 613. The maximum atomic E-state index is 12.4. The maximum Gasteiger partial charge on any atom is 0.434 e. The predicted octanol–water partition coefficient (Wildman–Crippen LogP) is 2.29. The van der Waals surface area contributed by atoms with Crippen LogP contribution in [0.5, 0.6) is 0 Å². The molecule has 2 aromatic rings. The molecule has 2 rings (SSSR count). The van der Waals surface area contributed by atoms with Crippen molar-refractivity contribution in [1.82, 2.24) is 15.6 Å². The van der Waals surface area contributed by atoms with Crippen LogP contribution in [0.25, 0.3) is 0 Å². The minimum Gasteiger partial charge on any atom is -0.467 e. The summed E-state index contributed by atoms with van der Waals surface area (Å²) in [5.74, 6) is 0.301. The van der Waals surface area contributed by atoms with Crippen molar-refractivity contribution in [1.29, 1.82) is 0 Å². The molecule has 0 aliphatic heterocycles. The number of rotatable bonds is 5. The van der Waals surface area contributed by atoms with Gasteiger partial charge in [-0.05, 0) is 12.1 Å². The predicted molar refractivity (Wildman–Crippen MR) is 71.0 cm³/mol. The average molecular weight is 335 g/mol. The molecule has 22 heavy (non-hydrogen) atoms. The number of nitrogens with one attached hydrogen (secondary N) is 2. The number of aliphatic hydroxyl groups is 1. The number of alkyl halides is 3. The van der Waals surface area contributed by atoms with E-state index in [9.17, 15) is 23.1 Å². The van der Waals surface area contributed by atoms with E-state index in [1.807, 2.05) is 0 Å². The summed E-state index contributed by atoms with van der Waals surface area (Å²) in [6.45, 7) is -0.228. The van der Waals surface area contributed by atoms with E-state index in [0.717, 1.165) is 16.7 Å². The quantitative estimate of drug-likeness (QED) is 0.782. The summed E-state index contributed by atoms with van der Waals surface area (Å²) in [5.41, 5.74) is -0.983. The SMILES string of the molecule is O=C(NCc1nc(C(F)(F)F)cs1)NCC(O)c1ccco1. The summed E-state index contributed by atoms with van der Waals surface area (Å²) in [7, 11) is 0. The van der Waals surface area contributed by atoms with E-state index in [1.54, 1.807) is 12.1 Å². The van der Waals surface area contributed by atoms with E-state index in [2.05, 4.69) is 15.6 Å². The van der Waals surface area contributed by atoms with Crippen LogP contribution in [0.15, 0.2) is 28.2 Å². The molecule has 0 saturated carbocycles. The summed E-state index contributed by atoms with van der Waals surface area (Å²) in [5, 5.41) is 15.4. The van der Waals surface area contributed by atoms with Gasteiger partial charge in [-0.1, -0.05) is 0 Å². The monoisotopic (exact) mass is 335 g/mol. The fourth-order valence-electron chi connectivity index (χ4n) is 1.51. The van der Waals surface area contributed by atoms with Gasteiger partial charge in [-0.15, -0.1) is 11.3 Å². The van der Waals surface area contributed by atoms with Crippen molar-refractivity contribution in [2.24, 2.45) is 0 Å². The standard InChI is InChI=1S/C12H12F3N3O3S/c13-12(14,15)9-6-22-10(18-9)5-17-11(20)16-4-7(19)8-2-1-3-21-8/h1-3,6-7,19H,4-5H2,(H2,16,17,20). The van der Waals surface area contributed by atoms with Crippen LogP contribution < -0.4 is 10.6 Å². The Balaban J connectivity index is 1.75. The molecular weight excluding hydrogens is 323 g/mol. The molecule has 1 atom stereocenters. The molecule has 10 heteroatoms. The van der Waals surface area contributed by atoms with Gasteiger partial charge in [0.25, 0.3) is 0 Å². The van der Waals surface area contributed by atoms with E-state index >= 15 is 0 Å². The Hall–Kier alpha value is -2.07. The van der Waals surface area contributed by atoms with E-state index in [4.69, 9.17) is 4.42 Å². The number of aromatic nitrogens is 1. The first-order valence-electron chi connectivity index (χ1n) is 6.11. The van der Waals surface area contributed by atoms with Crippen LogP contribution in [0.2, 0.25) is 0 Å². The zero-order valence-corrected chi connectivity index (χ0v) is 11.9. The third-order valence-corrected chi connectivity index (χ3v) is 3.42. The van der Waals surface area contributed by atoms with Crippen molar-refractivity contribution < 1.29 is 27.5 Å². The molecule has 0 aromatic carbocycles. The second kappa shape index (κ2) is 6.79. The van der Waals surface area contributed by atoms with Crippen LogP contribution in [0.4, 0.5) is 18.0 Å². The van der Waals surface area contributed by atoms with Gasteiger partial charge in [0, 0.05) is 5.38 Å². The van der Waals surface area contributed by atoms with Gasteiger partial charge in [0.2, 0.25) is 0 Å². The number of amides is 2. The van der Waals surface area contributed by atoms with Gasteiger partial charge in [0.05, 0.1) is 19.4 Å². The van der Waals surface area contributed by atoms with Crippen molar-refractivity contribution in [2.75, 3.05) is 6.54 Å². The molecule has 2 aromatic heterocycles. The van der Waals surface area contributed by atoms with Crippen LogP contribution >= 0.6 is 11.3 Å². The highest BCUT2D eigenvalue weighted by atomic mass is 32.1. The summed E-state index contributed by atoms with van der Waals surface area (Å²) in [6, 6.07) is 2.52. The summed E-state index contributed by atoms with van der Waals surface area (Å²) < 4.78 is 42.0. The highest BCUT2D eigenvalue weighted by Gasteiger charge is 2.33. The zero-order valence-electron chi connectivity index (χ0n) is 11.1. The Labute approximate surface area is 127 Å². The number of thiazole rings is 1. The number of carbonyl (C=O) groups is 1. The van der Waals surface area contributed by atoms with E-state index in [1.165, 1.54) is 6.26 Å². The maximum absolute atomic E-state index is 12.4. The minimum absolute atomic E-state index is 0.0922. The lowest BCUT2D eigenvalue weighted by atomic mass is 10.3. The number of nitrogens with zero attached hydrogens (tertiary/aromatic N) is 1. The molecule has 6 nitrogen and oxygen atoms in total. The fourth-order valence-corrected chi connectivity index (χ4v) is 2.25. The van der Waals surface area contributed by atoms with Gasteiger partial charge >= 0.3 is 12.2 Å². The van der Waals surface area contributed by atoms with Gasteiger partial charge in [-0.25, -0.2) is 9.78 Å². The van der Waals surface area contributed by atoms with E-state index < -0.39 is 24.0 Å². The average Bonchev–Trinajstić information content (AvgIpc) is 3.12. The zero-order chi connectivity index (χ0) is 16.2. The smallest absolute Gasteiger partial charge is 0.434 e. The van der Waals surface area contributed by atoms with Crippen molar-refractivity contribution in [2.45, 2.75) is 18.8 Å². The first-order chi connectivity index (χ1) is 10.4. The number of hydrogen-bond donors (Lipinski definition) is 3. The van der Waals surface area contributed by atoms with Crippen LogP contribution in [0.3, 0.4) is 0 Å². The first-order valence-corrected chi connectivity index (χ1v) is 6.99. The van der Waals surface area contributed by atoms with Gasteiger partial charge < -0.3 is 20.2 Å². The topological polar surface area (TPSA) is 87.4 Å². The molecule has 1 unspecified atom stereocenters. The lowest BCUT2D eigenvalue weighted by molar-refractivity contribution is -0.140. The molecule has 0 aliphatic rings. The van der Waals surface area contributed by atoms with E-state index in [-0.39, 0.29) is 18.1 Å². The van der Waals surface area contributed by atoms with Crippen molar-refractivity contribution in [3.05, 3.63) is 40.2 Å². The second-order valence-electron chi connectivity index (χ2n) is 4.22. The lowest BCUT2D eigenvalue weighted by Gasteiger charge is -2.10. The van der Waals surface area contributed by atoms with Gasteiger partial charge in [0.15, 0.2) is 5.69 Å². The van der Waals surface area contributed by atoms with Gasteiger partial charge in [0.1, 0.15) is 16.9 Å². The molecule has 2 amide bonds. The van der Waals surface area contributed by atoms with Crippen molar-refractivity contribution in [3.63, 3.8) is 0 Å². The summed E-state index contributed by atoms with van der Waals surface area (Å²) in [4.78, 5) is 14.9. The molecule has 0 aliphatic carbocycles. The van der Waals surface area contributed by atoms with Gasteiger partial charge in [-0.3, -0.25) is 0 Å². The molecule has 0 radical (unpaired) electrons. The molecule has 0 spiro atoms. The Kier molecular flexibility index (Phi) is 5.03. The summed E-state index contributed by atoms with van der Waals surface area (Å²) in [6.07, 6.45) is -4.11. The highest BCUT2D eigenvalue weighted by Crippen LogP contribution is 2.29. The Morgan fingerprint density at radius 3 is 2.82 bits per heavy atom. The summed E-state index contributed by atoms with van der Waals surface area (Å²) >= 11 is 0.803. The molecule has 0 bridgehead atoms. The number of hydrogen-bond acceptors (Lipinski definition) is 5.